The zero-order valence-electron chi connectivity index (χ0n) is 11.2. The molecule has 0 aliphatic carbocycles. The lowest BCUT2D eigenvalue weighted by atomic mass is 10.2. The highest BCUT2D eigenvalue weighted by atomic mass is 19.1. The Morgan fingerprint density at radius 3 is 2.33 bits per heavy atom. The van der Waals surface area contributed by atoms with Crippen LogP contribution in [0.15, 0.2) is 54.6 Å². The fourth-order valence-electron chi connectivity index (χ4n) is 1.65. The molecule has 21 heavy (non-hydrogen) atoms. The molecule has 0 aliphatic heterocycles. The van der Waals surface area contributed by atoms with E-state index in [9.17, 15) is 14.0 Å². The van der Waals surface area contributed by atoms with Crippen molar-refractivity contribution in [1.82, 2.24) is 5.32 Å². The minimum absolute atomic E-state index is 0.201. The van der Waals surface area contributed by atoms with Gasteiger partial charge in [0.1, 0.15) is 5.82 Å². The van der Waals surface area contributed by atoms with Gasteiger partial charge in [-0.2, -0.15) is 0 Å². The Labute approximate surface area is 121 Å². The molecule has 5 heteroatoms. The number of carbonyl (C=O) groups is 2. The summed E-state index contributed by atoms with van der Waals surface area (Å²) in [5, 5.41) is 2.64. The Morgan fingerprint density at radius 2 is 1.67 bits per heavy atom. The van der Waals surface area contributed by atoms with E-state index in [0.29, 0.717) is 6.54 Å². The zero-order valence-corrected chi connectivity index (χ0v) is 11.2. The van der Waals surface area contributed by atoms with Gasteiger partial charge in [-0.25, -0.2) is 9.18 Å². The molecular formula is C16H14FNO3. The van der Waals surface area contributed by atoms with E-state index in [2.05, 4.69) is 5.32 Å². The molecule has 0 atom stereocenters. The van der Waals surface area contributed by atoms with Crippen LogP contribution in [0.1, 0.15) is 15.9 Å². The number of carbonyl (C=O) groups excluding carboxylic acids is 2. The van der Waals surface area contributed by atoms with Crippen LogP contribution in [0.3, 0.4) is 0 Å². The number of hydrogen-bond donors (Lipinski definition) is 1. The topological polar surface area (TPSA) is 55.4 Å². The average Bonchev–Trinajstić information content (AvgIpc) is 2.52. The smallest absolute Gasteiger partial charge is 0.338 e. The van der Waals surface area contributed by atoms with Crippen molar-refractivity contribution in [3.63, 3.8) is 0 Å². The lowest BCUT2D eigenvalue weighted by Crippen LogP contribution is -2.28. The molecule has 0 saturated heterocycles. The van der Waals surface area contributed by atoms with E-state index in [4.69, 9.17) is 4.74 Å². The summed E-state index contributed by atoms with van der Waals surface area (Å²) in [7, 11) is 0. The molecule has 0 fully saturated rings. The van der Waals surface area contributed by atoms with Gasteiger partial charge in [-0.1, -0.05) is 30.3 Å². The number of nitrogens with one attached hydrogen (secondary N) is 1. The molecule has 2 aromatic rings. The van der Waals surface area contributed by atoms with Crippen LogP contribution in [0.2, 0.25) is 0 Å². The first-order chi connectivity index (χ1) is 10.1. The summed E-state index contributed by atoms with van der Waals surface area (Å²) in [6, 6.07) is 14.3. The third-order valence-corrected chi connectivity index (χ3v) is 2.75. The van der Waals surface area contributed by atoms with Gasteiger partial charge in [0, 0.05) is 6.54 Å². The number of amides is 1. The van der Waals surface area contributed by atoms with Crippen molar-refractivity contribution < 1.29 is 18.7 Å². The first-order valence-corrected chi connectivity index (χ1v) is 6.38. The molecule has 0 spiro atoms. The number of rotatable bonds is 5. The highest BCUT2D eigenvalue weighted by molar-refractivity contribution is 5.91. The summed E-state index contributed by atoms with van der Waals surface area (Å²) in [6.45, 7) is -0.00316. The predicted octanol–water partition coefficient (Wildman–Crippen LogP) is 2.30. The number of halogens is 1. The molecule has 2 rings (SSSR count). The number of ether oxygens (including phenoxy) is 1. The molecule has 0 aromatic heterocycles. The number of hydrogen-bond acceptors (Lipinski definition) is 3. The first kappa shape index (κ1) is 14.7. The van der Waals surface area contributed by atoms with Crippen LogP contribution in [0.25, 0.3) is 0 Å². The highest BCUT2D eigenvalue weighted by Crippen LogP contribution is 2.04. The van der Waals surface area contributed by atoms with E-state index in [-0.39, 0.29) is 12.2 Å². The highest BCUT2D eigenvalue weighted by Gasteiger charge is 2.09. The SMILES string of the molecule is O=C(COC(=O)c1ccc(F)cc1)NCc1ccccc1. The van der Waals surface area contributed by atoms with E-state index in [1.807, 2.05) is 30.3 Å². The van der Waals surface area contributed by atoms with Crippen LogP contribution in [0.4, 0.5) is 4.39 Å². The van der Waals surface area contributed by atoms with Crippen molar-refractivity contribution in [2.75, 3.05) is 6.61 Å². The van der Waals surface area contributed by atoms with E-state index >= 15 is 0 Å². The lowest BCUT2D eigenvalue weighted by molar-refractivity contribution is -0.124. The summed E-state index contributed by atoms with van der Waals surface area (Å²) in [4.78, 5) is 23.2. The van der Waals surface area contributed by atoms with Crippen LogP contribution in [0, 0.1) is 5.82 Å². The molecule has 0 saturated carbocycles. The number of esters is 1. The Bertz CT molecular complexity index is 611. The Balaban J connectivity index is 1.76. The van der Waals surface area contributed by atoms with Gasteiger partial charge in [-0.05, 0) is 29.8 Å². The van der Waals surface area contributed by atoms with Gasteiger partial charge in [0.25, 0.3) is 5.91 Å². The van der Waals surface area contributed by atoms with Crippen LogP contribution in [-0.4, -0.2) is 18.5 Å². The second-order valence-corrected chi connectivity index (χ2v) is 4.35. The minimum atomic E-state index is -0.662. The van der Waals surface area contributed by atoms with Crippen molar-refractivity contribution in [2.24, 2.45) is 0 Å². The zero-order chi connectivity index (χ0) is 15.1. The quantitative estimate of drug-likeness (QED) is 0.858. The molecule has 1 amide bonds. The molecule has 0 radical (unpaired) electrons. The second-order valence-electron chi connectivity index (χ2n) is 4.35. The summed E-state index contributed by atoms with van der Waals surface area (Å²) in [5.41, 5.74) is 1.16. The summed E-state index contributed by atoms with van der Waals surface area (Å²) in [5.74, 6) is -1.49. The standard InChI is InChI=1S/C16H14FNO3/c17-14-8-6-13(7-9-14)16(20)21-11-15(19)18-10-12-4-2-1-3-5-12/h1-9H,10-11H2,(H,18,19). The largest absolute Gasteiger partial charge is 0.452 e. The van der Waals surface area contributed by atoms with Gasteiger partial charge < -0.3 is 10.1 Å². The fraction of sp³-hybridized carbons (Fsp3) is 0.125. The molecule has 4 nitrogen and oxygen atoms in total. The van der Waals surface area contributed by atoms with Gasteiger partial charge in [0.05, 0.1) is 5.56 Å². The van der Waals surface area contributed by atoms with Gasteiger partial charge in [-0.3, -0.25) is 4.79 Å². The molecule has 0 unspecified atom stereocenters. The van der Waals surface area contributed by atoms with E-state index in [0.717, 1.165) is 17.7 Å². The molecule has 0 aliphatic rings. The van der Waals surface area contributed by atoms with Crippen LogP contribution in [0.5, 0.6) is 0 Å². The van der Waals surface area contributed by atoms with E-state index in [1.54, 1.807) is 0 Å². The van der Waals surface area contributed by atoms with Crippen molar-refractivity contribution >= 4 is 11.9 Å². The van der Waals surface area contributed by atoms with Crippen LogP contribution >= 0.6 is 0 Å². The fourth-order valence-corrected chi connectivity index (χ4v) is 1.65. The van der Waals surface area contributed by atoms with Gasteiger partial charge in [0.15, 0.2) is 6.61 Å². The maximum absolute atomic E-state index is 12.7. The molecule has 1 N–H and O–H groups in total. The lowest BCUT2D eigenvalue weighted by Gasteiger charge is -2.06. The predicted molar refractivity (Wildman–Crippen MR) is 75.0 cm³/mol. The first-order valence-electron chi connectivity index (χ1n) is 6.38. The van der Waals surface area contributed by atoms with Crippen molar-refractivity contribution in [1.29, 1.82) is 0 Å². The van der Waals surface area contributed by atoms with Gasteiger partial charge >= 0.3 is 5.97 Å². The van der Waals surface area contributed by atoms with Crippen molar-refractivity contribution in [2.45, 2.75) is 6.54 Å². The third kappa shape index (κ3) is 4.72. The van der Waals surface area contributed by atoms with Gasteiger partial charge in [-0.15, -0.1) is 0 Å². The van der Waals surface area contributed by atoms with Crippen LogP contribution < -0.4 is 5.32 Å². The monoisotopic (exact) mass is 287 g/mol. The molecule has 0 heterocycles. The molecule has 2 aromatic carbocycles. The van der Waals surface area contributed by atoms with E-state index < -0.39 is 17.7 Å². The van der Waals surface area contributed by atoms with Gasteiger partial charge in [0.2, 0.25) is 0 Å². The van der Waals surface area contributed by atoms with Crippen molar-refractivity contribution in [3.8, 4) is 0 Å². The Morgan fingerprint density at radius 1 is 1.00 bits per heavy atom. The summed E-state index contributed by atoms with van der Waals surface area (Å²) in [6.07, 6.45) is 0. The normalized spacial score (nSPS) is 9.95. The number of benzene rings is 2. The maximum atomic E-state index is 12.7. The maximum Gasteiger partial charge on any atom is 0.338 e. The summed E-state index contributed by atoms with van der Waals surface area (Å²) < 4.78 is 17.6. The second kappa shape index (κ2) is 7.19. The molecule has 108 valence electrons. The average molecular weight is 287 g/mol. The third-order valence-electron chi connectivity index (χ3n) is 2.75. The molecule has 0 bridgehead atoms. The Kier molecular flexibility index (Phi) is 5.04. The van der Waals surface area contributed by atoms with Crippen molar-refractivity contribution in [3.05, 3.63) is 71.5 Å². The Hall–Kier alpha value is -2.69. The molecular weight excluding hydrogens is 273 g/mol. The van der Waals surface area contributed by atoms with Crippen LogP contribution in [-0.2, 0) is 16.1 Å². The summed E-state index contributed by atoms with van der Waals surface area (Å²) >= 11 is 0. The minimum Gasteiger partial charge on any atom is -0.452 e. The van der Waals surface area contributed by atoms with E-state index in [1.165, 1.54) is 12.1 Å².